The predicted octanol–water partition coefficient (Wildman–Crippen LogP) is 4.21. The molecule has 1 unspecified atom stereocenters. The van der Waals surface area contributed by atoms with Gasteiger partial charge in [0.1, 0.15) is 5.75 Å². The number of likely N-dealkylation sites (N-methyl/N-ethyl adjacent to an activating group) is 1. The summed E-state index contributed by atoms with van der Waals surface area (Å²) in [5, 5.41) is 13.0. The van der Waals surface area contributed by atoms with Crippen LogP contribution in [0.3, 0.4) is 0 Å². The van der Waals surface area contributed by atoms with Crippen LogP contribution in [0.5, 0.6) is 5.75 Å². The molecular formula is C18H19N3O2S2. The number of hydrogen-bond acceptors (Lipinski definition) is 6. The number of carbonyl (C=O) groups is 1. The highest BCUT2D eigenvalue weighted by atomic mass is 32.1. The number of fused-ring (bicyclic) bond motifs is 3. The van der Waals surface area contributed by atoms with Gasteiger partial charge in [0.05, 0.1) is 31.9 Å². The molecule has 0 radical (unpaired) electrons. The predicted molar refractivity (Wildman–Crippen MR) is 102 cm³/mol. The number of thiazole rings is 1. The van der Waals surface area contributed by atoms with E-state index >= 15 is 0 Å². The Labute approximate surface area is 154 Å². The molecule has 130 valence electrons. The molecule has 2 aromatic heterocycles. The van der Waals surface area contributed by atoms with E-state index in [0.717, 1.165) is 25.3 Å². The molecule has 0 aliphatic carbocycles. The molecule has 0 spiro atoms. The molecule has 7 heteroatoms. The van der Waals surface area contributed by atoms with Gasteiger partial charge in [-0.25, -0.2) is 4.98 Å². The number of aromatic nitrogens is 1. The molecule has 0 fully saturated rings. The van der Waals surface area contributed by atoms with Crippen molar-refractivity contribution in [1.82, 2.24) is 9.88 Å². The maximum Gasteiger partial charge on any atom is 0.260 e. The van der Waals surface area contributed by atoms with Gasteiger partial charge in [0.25, 0.3) is 5.91 Å². The largest absolute Gasteiger partial charge is 0.483 e. The Balaban J connectivity index is 1.81. The highest BCUT2D eigenvalue weighted by molar-refractivity contribution is 7.21. The zero-order valence-corrected chi connectivity index (χ0v) is 16.0. The first-order valence-corrected chi connectivity index (χ1v) is 9.80. The van der Waals surface area contributed by atoms with Gasteiger partial charge in [-0.1, -0.05) is 0 Å². The molecule has 1 amide bonds. The van der Waals surface area contributed by atoms with Crippen LogP contribution in [0.1, 0.15) is 18.9 Å². The molecule has 3 rings (SSSR count). The lowest BCUT2D eigenvalue weighted by molar-refractivity contribution is -0.133. The van der Waals surface area contributed by atoms with Crippen molar-refractivity contribution in [3.8, 4) is 11.8 Å². The lowest BCUT2D eigenvalue weighted by atomic mass is 10.2. The Hall–Kier alpha value is -2.17. The van der Waals surface area contributed by atoms with Crippen molar-refractivity contribution in [2.45, 2.75) is 20.8 Å². The van der Waals surface area contributed by atoms with Crippen LogP contribution in [-0.4, -0.2) is 35.5 Å². The smallest absolute Gasteiger partial charge is 0.260 e. The summed E-state index contributed by atoms with van der Waals surface area (Å²) in [6.45, 7) is 6.67. The number of amides is 1. The fourth-order valence-electron chi connectivity index (χ4n) is 2.72. The third-order valence-corrected chi connectivity index (χ3v) is 5.81. The van der Waals surface area contributed by atoms with Crippen molar-refractivity contribution in [3.05, 3.63) is 22.5 Å². The van der Waals surface area contributed by atoms with Gasteiger partial charge in [-0.05, 0) is 32.2 Å². The van der Waals surface area contributed by atoms with Crippen molar-refractivity contribution < 1.29 is 9.53 Å². The van der Waals surface area contributed by atoms with Gasteiger partial charge < -0.3 is 9.64 Å². The Morgan fingerprint density at radius 2 is 2.32 bits per heavy atom. The second-order valence-electron chi connectivity index (χ2n) is 5.87. The van der Waals surface area contributed by atoms with Crippen LogP contribution in [0.4, 0.5) is 0 Å². The molecule has 1 atom stereocenters. The molecule has 25 heavy (non-hydrogen) atoms. The topological polar surface area (TPSA) is 66.2 Å². The minimum atomic E-state index is -0.191. The quantitative estimate of drug-likeness (QED) is 0.649. The number of hydrogen-bond donors (Lipinski definition) is 0. The zero-order chi connectivity index (χ0) is 18.0. The molecule has 0 saturated heterocycles. The summed E-state index contributed by atoms with van der Waals surface area (Å²) in [6, 6.07) is 6.13. The van der Waals surface area contributed by atoms with E-state index in [1.54, 1.807) is 27.6 Å². The lowest BCUT2D eigenvalue weighted by Gasteiger charge is -2.22. The van der Waals surface area contributed by atoms with Gasteiger partial charge in [0, 0.05) is 24.5 Å². The van der Waals surface area contributed by atoms with Gasteiger partial charge in [0.15, 0.2) is 6.61 Å². The molecule has 1 aromatic carbocycles. The Morgan fingerprint density at radius 3 is 3.04 bits per heavy atom. The van der Waals surface area contributed by atoms with Crippen molar-refractivity contribution >= 4 is 48.9 Å². The third kappa shape index (κ3) is 3.60. The van der Waals surface area contributed by atoms with Gasteiger partial charge in [-0.3, -0.25) is 4.79 Å². The van der Waals surface area contributed by atoms with Crippen LogP contribution in [0.15, 0.2) is 17.5 Å². The van der Waals surface area contributed by atoms with E-state index in [0.29, 0.717) is 18.8 Å². The number of carbonyl (C=O) groups excluding carboxylic acids is 1. The van der Waals surface area contributed by atoms with Crippen LogP contribution in [0.2, 0.25) is 0 Å². The van der Waals surface area contributed by atoms with Crippen molar-refractivity contribution in [1.29, 1.82) is 5.26 Å². The second kappa shape index (κ2) is 7.38. The van der Waals surface area contributed by atoms with Gasteiger partial charge in [-0.2, -0.15) is 5.26 Å². The molecule has 3 aromatic rings. The standard InChI is InChI=1S/C18H19N3O2S2/c1-4-21(9-11(2)8-19)16(22)10-23-14-7-15-17(20-12(3)25-15)18-13(14)5-6-24-18/h5-7,11H,4,9-10H2,1-3H3. The van der Waals surface area contributed by atoms with Crippen LogP contribution >= 0.6 is 22.7 Å². The van der Waals surface area contributed by atoms with Crippen LogP contribution in [0, 0.1) is 24.2 Å². The normalized spacial score (nSPS) is 12.2. The van der Waals surface area contributed by atoms with E-state index in [4.69, 9.17) is 10.00 Å². The highest BCUT2D eigenvalue weighted by Gasteiger charge is 2.17. The van der Waals surface area contributed by atoms with Crippen molar-refractivity contribution in [3.63, 3.8) is 0 Å². The van der Waals surface area contributed by atoms with E-state index in [1.807, 2.05) is 38.3 Å². The van der Waals surface area contributed by atoms with E-state index in [2.05, 4.69) is 11.1 Å². The molecular weight excluding hydrogens is 354 g/mol. The summed E-state index contributed by atoms with van der Waals surface area (Å²) >= 11 is 3.26. The molecule has 0 bridgehead atoms. The Kier molecular flexibility index (Phi) is 5.21. The number of nitrogens with zero attached hydrogens (tertiary/aromatic N) is 3. The maximum absolute atomic E-state index is 12.4. The SMILES string of the molecule is CCN(CC(C)C#N)C(=O)COc1cc2sc(C)nc2c2sccc12. The zero-order valence-electron chi connectivity index (χ0n) is 14.4. The average molecular weight is 374 g/mol. The minimum absolute atomic E-state index is 0.0276. The summed E-state index contributed by atoms with van der Waals surface area (Å²) in [5.74, 6) is 0.419. The summed E-state index contributed by atoms with van der Waals surface area (Å²) in [5.41, 5.74) is 1.00. The van der Waals surface area contributed by atoms with E-state index in [1.165, 1.54) is 0 Å². The average Bonchev–Trinajstić information content (AvgIpc) is 3.22. The number of ether oxygens (including phenoxy) is 1. The first kappa shape index (κ1) is 17.6. The monoisotopic (exact) mass is 373 g/mol. The third-order valence-electron chi connectivity index (χ3n) is 3.97. The molecule has 5 nitrogen and oxygen atoms in total. The number of aryl methyl sites for hydroxylation is 1. The van der Waals surface area contributed by atoms with E-state index in [-0.39, 0.29) is 18.4 Å². The molecule has 0 N–H and O–H groups in total. The van der Waals surface area contributed by atoms with Gasteiger partial charge in [0.2, 0.25) is 0 Å². The fraction of sp³-hybridized carbons (Fsp3) is 0.389. The number of benzene rings is 1. The summed E-state index contributed by atoms with van der Waals surface area (Å²) in [4.78, 5) is 18.7. The number of nitriles is 1. The number of rotatable bonds is 6. The van der Waals surface area contributed by atoms with Crippen LogP contribution in [-0.2, 0) is 4.79 Å². The summed E-state index contributed by atoms with van der Waals surface area (Å²) in [6.07, 6.45) is 0. The highest BCUT2D eigenvalue weighted by Crippen LogP contribution is 2.38. The van der Waals surface area contributed by atoms with E-state index < -0.39 is 0 Å². The minimum Gasteiger partial charge on any atom is -0.483 e. The van der Waals surface area contributed by atoms with Crippen LogP contribution in [0.25, 0.3) is 20.3 Å². The molecule has 0 saturated carbocycles. The van der Waals surface area contributed by atoms with Crippen molar-refractivity contribution in [2.75, 3.05) is 19.7 Å². The Morgan fingerprint density at radius 1 is 1.52 bits per heavy atom. The summed E-state index contributed by atoms with van der Waals surface area (Å²) < 4.78 is 8.03. The second-order valence-corrected chi connectivity index (χ2v) is 8.02. The fourth-order valence-corrected chi connectivity index (χ4v) is 4.55. The van der Waals surface area contributed by atoms with Crippen LogP contribution < -0.4 is 4.74 Å². The van der Waals surface area contributed by atoms with E-state index in [9.17, 15) is 4.79 Å². The first-order chi connectivity index (χ1) is 12.0. The molecule has 2 heterocycles. The number of thiophene rings is 1. The van der Waals surface area contributed by atoms with Gasteiger partial charge >= 0.3 is 0 Å². The molecule has 0 aliphatic rings. The Bertz CT molecular complexity index is 954. The van der Waals surface area contributed by atoms with Crippen molar-refractivity contribution in [2.24, 2.45) is 5.92 Å². The first-order valence-electron chi connectivity index (χ1n) is 8.11. The van der Waals surface area contributed by atoms with Gasteiger partial charge in [-0.15, -0.1) is 22.7 Å². The lowest BCUT2D eigenvalue weighted by Crippen LogP contribution is -2.37. The maximum atomic E-state index is 12.4. The molecule has 0 aliphatic heterocycles. The summed E-state index contributed by atoms with van der Waals surface area (Å²) in [7, 11) is 0.